The quantitative estimate of drug-likeness (QED) is 0.681. The van der Waals surface area contributed by atoms with Crippen molar-refractivity contribution >= 4 is 21.4 Å². The number of rotatable bonds is 8. The smallest absolute Gasteiger partial charge is 0.242 e. The number of hydrogen-bond acceptors (Lipinski definition) is 5. The lowest BCUT2D eigenvalue weighted by atomic mass is 10.3. The number of nitrogens with one attached hydrogen (secondary N) is 3. The van der Waals surface area contributed by atoms with Gasteiger partial charge in [0.15, 0.2) is 0 Å². The van der Waals surface area contributed by atoms with Gasteiger partial charge in [0.1, 0.15) is 0 Å². The highest BCUT2D eigenvalue weighted by atomic mass is 32.2. The van der Waals surface area contributed by atoms with Gasteiger partial charge in [0, 0.05) is 36.8 Å². The van der Waals surface area contributed by atoms with E-state index >= 15 is 0 Å². The highest BCUT2D eigenvalue weighted by molar-refractivity contribution is 7.89. The van der Waals surface area contributed by atoms with Crippen molar-refractivity contribution in [3.05, 3.63) is 34.5 Å². The predicted molar refractivity (Wildman–Crippen MR) is 79.2 cm³/mol. The van der Waals surface area contributed by atoms with Gasteiger partial charge in [-0.25, -0.2) is 18.1 Å². The van der Waals surface area contributed by atoms with E-state index in [4.69, 9.17) is 0 Å². The lowest BCUT2D eigenvalue weighted by molar-refractivity contribution is 0.581. The topological polar surface area (TPSA) is 86.9 Å². The lowest BCUT2D eigenvalue weighted by Gasteiger charge is -2.03. The average Bonchev–Trinajstić information content (AvgIpc) is 3.07. The first kappa shape index (κ1) is 15.2. The van der Waals surface area contributed by atoms with Crippen LogP contribution in [0.25, 0.3) is 0 Å². The van der Waals surface area contributed by atoms with E-state index in [9.17, 15) is 8.42 Å². The maximum atomic E-state index is 12.1. The van der Waals surface area contributed by atoms with Crippen LogP contribution >= 0.6 is 11.3 Å². The molecule has 0 atom stereocenters. The van der Waals surface area contributed by atoms with Crippen molar-refractivity contribution in [1.29, 1.82) is 0 Å². The van der Waals surface area contributed by atoms with E-state index in [0.29, 0.717) is 19.5 Å². The molecule has 0 saturated carbocycles. The number of H-pyrrole nitrogens is 1. The van der Waals surface area contributed by atoms with Gasteiger partial charge in [0.05, 0.1) is 16.1 Å². The third-order valence-corrected chi connectivity index (χ3v) is 4.82. The summed E-state index contributed by atoms with van der Waals surface area (Å²) in [5.41, 5.74) is 3.49. The summed E-state index contributed by atoms with van der Waals surface area (Å²) in [5.74, 6) is 0. The molecule has 2 rings (SSSR count). The third-order valence-electron chi connectivity index (χ3n) is 2.75. The van der Waals surface area contributed by atoms with E-state index in [-0.39, 0.29) is 4.90 Å². The van der Waals surface area contributed by atoms with Crippen molar-refractivity contribution in [1.82, 2.24) is 20.0 Å². The fraction of sp³-hybridized carbons (Fsp3) is 0.417. The molecule has 0 aromatic carbocycles. The molecule has 0 aliphatic heterocycles. The molecule has 0 amide bonds. The summed E-state index contributed by atoms with van der Waals surface area (Å²) in [6.07, 6.45) is 2.11. The Morgan fingerprint density at radius 3 is 3.00 bits per heavy atom. The van der Waals surface area contributed by atoms with Gasteiger partial charge >= 0.3 is 0 Å². The molecule has 0 fully saturated rings. The first-order chi connectivity index (χ1) is 9.62. The van der Waals surface area contributed by atoms with Crippen LogP contribution in [0.5, 0.6) is 0 Å². The zero-order valence-corrected chi connectivity index (χ0v) is 12.9. The van der Waals surface area contributed by atoms with E-state index < -0.39 is 10.0 Å². The van der Waals surface area contributed by atoms with Crippen molar-refractivity contribution in [2.75, 3.05) is 13.1 Å². The van der Waals surface area contributed by atoms with Crippen LogP contribution < -0.4 is 10.0 Å². The van der Waals surface area contributed by atoms with Crippen LogP contribution in [0, 0.1) is 0 Å². The standard InChI is InChI=1S/C12H18N4O2S2/c1-2-13-6-11-5-12(7-14-11)20(17,18)16-4-3-10-8-19-9-15-10/h5,7-9,13-14,16H,2-4,6H2,1H3. The molecule has 2 aromatic rings. The van der Waals surface area contributed by atoms with E-state index in [2.05, 4.69) is 20.0 Å². The summed E-state index contributed by atoms with van der Waals surface area (Å²) in [4.78, 5) is 7.34. The SMILES string of the molecule is CCNCc1cc(S(=O)(=O)NCCc2cscn2)c[nH]1. The summed E-state index contributed by atoms with van der Waals surface area (Å²) >= 11 is 1.50. The Bertz CT molecular complexity index is 620. The molecule has 2 heterocycles. The minimum atomic E-state index is -3.45. The Balaban J connectivity index is 1.90. The molecule has 0 unspecified atom stereocenters. The third kappa shape index (κ3) is 4.14. The Hall–Kier alpha value is -1.22. The molecular formula is C12H18N4O2S2. The second-order valence-electron chi connectivity index (χ2n) is 4.27. The first-order valence-electron chi connectivity index (χ1n) is 6.36. The van der Waals surface area contributed by atoms with Crippen molar-refractivity contribution in [3.8, 4) is 0 Å². The highest BCUT2D eigenvalue weighted by Gasteiger charge is 2.15. The molecule has 3 N–H and O–H groups in total. The van der Waals surface area contributed by atoms with Crippen molar-refractivity contribution in [2.45, 2.75) is 24.8 Å². The van der Waals surface area contributed by atoms with Crippen molar-refractivity contribution < 1.29 is 8.42 Å². The molecular weight excluding hydrogens is 296 g/mol. The van der Waals surface area contributed by atoms with Gasteiger partial charge in [-0.05, 0) is 12.6 Å². The predicted octanol–water partition coefficient (Wildman–Crippen LogP) is 1.10. The van der Waals surface area contributed by atoms with Gasteiger partial charge in [-0.1, -0.05) is 6.92 Å². The number of sulfonamides is 1. The summed E-state index contributed by atoms with van der Waals surface area (Å²) in [7, 11) is -3.45. The summed E-state index contributed by atoms with van der Waals surface area (Å²) in [5, 5.41) is 5.05. The van der Waals surface area contributed by atoms with Crippen LogP contribution in [0.3, 0.4) is 0 Å². The van der Waals surface area contributed by atoms with Crippen LogP contribution in [-0.2, 0) is 23.0 Å². The van der Waals surface area contributed by atoms with Gasteiger partial charge < -0.3 is 10.3 Å². The van der Waals surface area contributed by atoms with Gasteiger partial charge in [0.2, 0.25) is 10.0 Å². The number of nitrogens with zero attached hydrogens (tertiary/aromatic N) is 1. The molecule has 0 bridgehead atoms. The number of aromatic amines is 1. The fourth-order valence-corrected chi connectivity index (χ4v) is 3.34. The number of thiazole rings is 1. The Labute approximate surface area is 122 Å². The van der Waals surface area contributed by atoms with E-state index in [1.54, 1.807) is 11.6 Å². The van der Waals surface area contributed by atoms with Crippen LogP contribution in [-0.4, -0.2) is 31.5 Å². The minimum absolute atomic E-state index is 0.267. The minimum Gasteiger partial charge on any atom is -0.363 e. The maximum Gasteiger partial charge on any atom is 0.242 e. The molecule has 20 heavy (non-hydrogen) atoms. The Morgan fingerprint density at radius 2 is 2.30 bits per heavy atom. The molecule has 0 radical (unpaired) electrons. The van der Waals surface area contributed by atoms with Gasteiger partial charge in [0.25, 0.3) is 0 Å². The van der Waals surface area contributed by atoms with Gasteiger partial charge in [-0.3, -0.25) is 0 Å². The van der Waals surface area contributed by atoms with E-state index in [0.717, 1.165) is 17.9 Å². The van der Waals surface area contributed by atoms with Crippen LogP contribution in [0.4, 0.5) is 0 Å². The van der Waals surface area contributed by atoms with Crippen LogP contribution in [0.15, 0.2) is 28.0 Å². The summed E-state index contributed by atoms with van der Waals surface area (Å²) < 4.78 is 26.7. The molecule has 8 heteroatoms. The maximum absolute atomic E-state index is 12.1. The molecule has 6 nitrogen and oxygen atoms in total. The Kier molecular flexibility index (Phi) is 5.30. The zero-order chi connectivity index (χ0) is 14.4. The first-order valence-corrected chi connectivity index (χ1v) is 8.79. The van der Waals surface area contributed by atoms with Crippen molar-refractivity contribution in [3.63, 3.8) is 0 Å². The number of aromatic nitrogens is 2. The van der Waals surface area contributed by atoms with E-state index in [1.165, 1.54) is 17.5 Å². The summed E-state index contributed by atoms with van der Waals surface area (Å²) in [6, 6.07) is 1.65. The normalized spacial score (nSPS) is 11.8. The van der Waals surface area contributed by atoms with Gasteiger partial charge in [-0.2, -0.15) is 0 Å². The number of hydrogen-bond donors (Lipinski definition) is 3. The zero-order valence-electron chi connectivity index (χ0n) is 11.2. The second-order valence-corrected chi connectivity index (χ2v) is 6.75. The average molecular weight is 314 g/mol. The molecule has 0 spiro atoms. The van der Waals surface area contributed by atoms with Gasteiger partial charge in [-0.15, -0.1) is 11.3 Å². The molecule has 0 aliphatic rings. The molecule has 110 valence electrons. The monoisotopic (exact) mass is 314 g/mol. The second kappa shape index (κ2) is 6.98. The Morgan fingerprint density at radius 1 is 1.45 bits per heavy atom. The van der Waals surface area contributed by atoms with Crippen LogP contribution in [0.1, 0.15) is 18.3 Å². The molecule has 0 saturated heterocycles. The molecule has 2 aromatic heterocycles. The summed E-state index contributed by atoms with van der Waals surface area (Å²) in [6.45, 7) is 3.82. The van der Waals surface area contributed by atoms with Crippen LogP contribution in [0.2, 0.25) is 0 Å². The highest BCUT2D eigenvalue weighted by Crippen LogP contribution is 2.10. The lowest BCUT2D eigenvalue weighted by Crippen LogP contribution is -2.25. The largest absolute Gasteiger partial charge is 0.363 e. The van der Waals surface area contributed by atoms with Crippen molar-refractivity contribution in [2.24, 2.45) is 0 Å². The fourth-order valence-electron chi connectivity index (χ4n) is 1.69. The van der Waals surface area contributed by atoms with E-state index in [1.807, 2.05) is 12.3 Å². The molecule has 0 aliphatic carbocycles.